The van der Waals surface area contributed by atoms with Crippen LogP contribution in [0.2, 0.25) is 0 Å². The molecule has 0 bridgehead atoms. The van der Waals surface area contributed by atoms with E-state index < -0.39 is 63.7 Å². The molecule has 0 spiro atoms. The molecule has 4 aromatic rings. The van der Waals surface area contributed by atoms with Crippen molar-refractivity contribution in [2.75, 3.05) is 11.1 Å². The van der Waals surface area contributed by atoms with Crippen molar-refractivity contribution < 1.29 is 30.7 Å². The molecule has 9 nitrogen and oxygen atoms in total. The summed E-state index contributed by atoms with van der Waals surface area (Å²) in [5, 5.41) is 8.03. The second-order valence-corrected chi connectivity index (χ2v) is 9.30. The molecule has 0 saturated heterocycles. The Labute approximate surface area is 226 Å². The summed E-state index contributed by atoms with van der Waals surface area (Å²) in [5.74, 6) is -2.18. The predicted molar refractivity (Wildman–Crippen MR) is 136 cm³/mol. The monoisotopic (exact) mass is 585 g/mol. The number of hydrogen-bond acceptors (Lipinski definition) is 7. The third kappa shape index (κ3) is 6.15. The summed E-state index contributed by atoms with van der Waals surface area (Å²) in [7, 11) is 0. The fourth-order valence-electron chi connectivity index (χ4n) is 4.41. The van der Waals surface area contributed by atoms with Gasteiger partial charge in [-0.15, -0.1) is 0 Å². The Morgan fingerprint density at radius 3 is 2.39 bits per heavy atom. The number of aryl methyl sites for hydroxylation is 2. The zero-order chi connectivity index (χ0) is 30.3. The molecular formula is C25H22F7N7O2. The molecule has 0 saturated carbocycles. The number of rotatable bonds is 7. The Morgan fingerprint density at radius 2 is 1.76 bits per heavy atom. The molecule has 1 unspecified atom stereocenters. The molecule has 0 radical (unpaired) electrons. The Morgan fingerprint density at radius 1 is 1.07 bits per heavy atom. The number of aromatic nitrogens is 5. The van der Waals surface area contributed by atoms with Crippen molar-refractivity contribution >= 4 is 22.3 Å². The number of H-pyrrole nitrogens is 1. The van der Waals surface area contributed by atoms with Gasteiger partial charge in [0, 0.05) is 18.8 Å². The van der Waals surface area contributed by atoms with Gasteiger partial charge in [-0.2, -0.15) is 31.4 Å². The van der Waals surface area contributed by atoms with Gasteiger partial charge in [0.1, 0.15) is 22.8 Å². The molecule has 0 aliphatic rings. The molecule has 0 aliphatic heterocycles. The zero-order valence-electron chi connectivity index (χ0n) is 21.4. The van der Waals surface area contributed by atoms with Gasteiger partial charge in [-0.1, -0.05) is 0 Å². The number of fused-ring (bicyclic) bond motifs is 1. The number of aromatic amines is 1. The lowest BCUT2D eigenvalue weighted by atomic mass is 10.1. The van der Waals surface area contributed by atoms with Gasteiger partial charge in [-0.05, 0) is 50.3 Å². The minimum Gasteiger partial charge on any atom is -0.383 e. The van der Waals surface area contributed by atoms with E-state index in [0.29, 0.717) is 12.8 Å². The van der Waals surface area contributed by atoms with Crippen molar-refractivity contribution in [1.29, 1.82) is 0 Å². The molecule has 3 heterocycles. The first-order chi connectivity index (χ1) is 19.1. The van der Waals surface area contributed by atoms with E-state index in [4.69, 9.17) is 5.73 Å². The second-order valence-electron chi connectivity index (χ2n) is 9.30. The van der Waals surface area contributed by atoms with Crippen LogP contribution in [0.5, 0.6) is 0 Å². The lowest BCUT2D eigenvalue weighted by Crippen LogP contribution is -2.27. The lowest BCUT2D eigenvalue weighted by molar-refractivity contribution is -0.138. The number of alkyl halides is 6. The maximum Gasteiger partial charge on any atom is 0.423 e. The molecule has 1 aromatic carbocycles. The Hall–Kier alpha value is -4.50. The number of nitrogen functional groups attached to an aromatic ring is 1. The van der Waals surface area contributed by atoms with Crippen LogP contribution in [0.3, 0.4) is 0 Å². The molecule has 3 aromatic heterocycles. The van der Waals surface area contributed by atoms with Crippen molar-refractivity contribution in [3.63, 3.8) is 0 Å². The largest absolute Gasteiger partial charge is 0.423 e. The van der Waals surface area contributed by atoms with Crippen molar-refractivity contribution in [2.45, 2.75) is 51.6 Å². The Kier molecular flexibility index (Phi) is 7.78. The van der Waals surface area contributed by atoms with Crippen LogP contribution in [0.1, 0.15) is 36.6 Å². The summed E-state index contributed by atoms with van der Waals surface area (Å²) in [6, 6.07) is 3.13. The average molecular weight is 585 g/mol. The number of hydrogen-bond donors (Lipinski definition) is 3. The van der Waals surface area contributed by atoms with Gasteiger partial charge in [-0.25, -0.2) is 19.5 Å². The van der Waals surface area contributed by atoms with Gasteiger partial charge < -0.3 is 15.6 Å². The lowest BCUT2D eigenvalue weighted by Gasteiger charge is -2.18. The first-order valence-corrected chi connectivity index (χ1v) is 12.0. The fourth-order valence-corrected chi connectivity index (χ4v) is 4.41. The summed E-state index contributed by atoms with van der Waals surface area (Å²) >= 11 is 0. The van der Waals surface area contributed by atoms with E-state index in [9.17, 15) is 35.9 Å². The van der Waals surface area contributed by atoms with Crippen molar-refractivity contribution in [3.05, 3.63) is 73.9 Å². The molecule has 1 atom stereocenters. The van der Waals surface area contributed by atoms with E-state index in [1.165, 1.54) is 22.9 Å². The fraction of sp³-hybridized carbons (Fsp3) is 0.320. The number of halogens is 7. The topological polar surface area (TPSA) is 132 Å². The summed E-state index contributed by atoms with van der Waals surface area (Å²) < 4.78 is 95.6. The van der Waals surface area contributed by atoms with E-state index in [2.05, 4.69) is 20.4 Å². The summed E-state index contributed by atoms with van der Waals surface area (Å²) in [6.45, 7) is 2.81. The van der Waals surface area contributed by atoms with Gasteiger partial charge >= 0.3 is 12.4 Å². The van der Waals surface area contributed by atoms with Crippen molar-refractivity contribution in [1.82, 2.24) is 24.7 Å². The SMILES string of the molecule is Cc1nc(-c2cc3ccn(CCCC(C)Nc4cn[nH]c(=O)c4C(F)(F)F)c(=O)c3cc2F)nc(N)c1C(F)(F)F. The van der Waals surface area contributed by atoms with Crippen LogP contribution in [0.15, 0.2) is 40.2 Å². The number of nitrogens with one attached hydrogen (secondary N) is 2. The van der Waals surface area contributed by atoms with E-state index in [0.717, 1.165) is 19.2 Å². The highest BCUT2D eigenvalue weighted by Gasteiger charge is 2.38. The number of nitrogens with zero attached hydrogens (tertiary/aromatic N) is 4. The first kappa shape index (κ1) is 29.5. The first-order valence-electron chi connectivity index (χ1n) is 12.0. The van der Waals surface area contributed by atoms with Gasteiger partial charge in [0.15, 0.2) is 5.82 Å². The maximum atomic E-state index is 15.0. The molecule has 0 aliphatic carbocycles. The third-order valence-electron chi connectivity index (χ3n) is 6.28. The molecule has 4 N–H and O–H groups in total. The van der Waals surface area contributed by atoms with Crippen LogP contribution in [-0.4, -0.2) is 30.8 Å². The summed E-state index contributed by atoms with van der Waals surface area (Å²) in [5.41, 5.74) is -0.279. The highest BCUT2D eigenvalue weighted by atomic mass is 19.4. The van der Waals surface area contributed by atoms with Gasteiger partial charge in [0.25, 0.3) is 11.1 Å². The van der Waals surface area contributed by atoms with Crippen LogP contribution >= 0.6 is 0 Å². The van der Waals surface area contributed by atoms with Crippen molar-refractivity contribution in [3.8, 4) is 11.4 Å². The van der Waals surface area contributed by atoms with E-state index >= 15 is 4.39 Å². The molecule has 4 rings (SSSR count). The van der Waals surface area contributed by atoms with Crippen molar-refractivity contribution in [2.24, 2.45) is 0 Å². The number of benzene rings is 1. The van der Waals surface area contributed by atoms with Crippen LogP contribution in [0.4, 0.5) is 42.2 Å². The molecule has 218 valence electrons. The zero-order valence-corrected chi connectivity index (χ0v) is 21.4. The second kappa shape index (κ2) is 10.8. The summed E-state index contributed by atoms with van der Waals surface area (Å²) in [6.07, 6.45) is -6.76. The van der Waals surface area contributed by atoms with E-state index in [1.54, 1.807) is 12.0 Å². The molecule has 0 fully saturated rings. The Bertz CT molecular complexity index is 1710. The number of pyridine rings is 1. The summed E-state index contributed by atoms with van der Waals surface area (Å²) in [4.78, 5) is 32.0. The van der Waals surface area contributed by atoms with E-state index in [-0.39, 0.29) is 28.7 Å². The van der Waals surface area contributed by atoms with Crippen LogP contribution in [0, 0.1) is 12.7 Å². The van der Waals surface area contributed by atoms with E-state index in [1.807, 2.05) is 0 Å². The molecule has 16 heteroatoms. The quantitative estimate of drug-likeness (QED) is 0.263. The third-order valence-corrected chi connectivity index (χ3v) is 6.28. The standard InChI is InChI=1S/C25H22F7N7O2/c1-11(35-17-10-34-38-22(40)19(17)25(30,31)32)4-3-6-39-7-5-13-8-15(16(26)9-14(13)23(39)41)21-36-12(2)18(20(33)37-21)24(27,28)29/h5,7-11H,3-4,6H2,1-2H3,(H2,33,36,37)(H2,35,38,40). The van der Waals surface area contributed by atoms with Gasteiger partial charge in [0.2, 0.25) is 0 Å². The Balaban J connectivity index is 1.52. The smallest absolute Gasteiger partial charge is 0.383 e. The average Bonchev–Trinajstić information content (AvgIpc) is 2.83. The molecular weight excluding hydrogens is 563 g/mol. The number of anilines is 2. The minimum absolute atomic E-state index is 0.0130. The number of nitrogens with two attached hydrogens (primary N) is 1. The van der Waals surface area contributed by atoms with Crippen LogP contribution < -0.4 is 22.2 Å². The molecule has 41 heavy (non-hydrogen) atoms. The predicted octanol–water partition coefficient (Wildman–Crippen LogP) is 4.89. The van der Waals surface area contributed by atoms with Crippen LogP contribution in [0.25, 0.3) is 22.2 Å². The van der Waals surface area contributed by atoms with Crippen LogP contribution in [-0.2, 0) is 18.9 Å². The minimum atomic E-state index is -4.89. The highest BCUT2D eigenvalue weighted by molar-refractivity contribution is 5.86. The molecule has 0 amide bonds. The highest BCUT2D eigenvalue weighted by Crippen LogP contribution is 2.36. The maximum absolute atomic E-state index is 15.0. The normalized spacial score (nSPS) is 13.0. The van der Waals surface area contributed by atoms with Gasteiger partial charge in [-0.3, -0.25) is 9.59 Å². The van der Waals surface area contributed by atoms with Gasteiger partial charge in [0.05, 0.1) is 28.5 Å².